The summed E-state index contributed by atoms with van der Waals surface area (Å²) in [5.74, 6) is 0.908. The predicted molar refractivity (Wildman–Crippen MR) is 72.1 cm³/mol. The van der Waals surface area contributed by atoms with Gasteiger partial charge in [0.25, 0.3) is 0 Å². The predicted octanol–water partition coefficient (Wildman–Crippen LogP) is 3.05. The second-order valence-corrected chi connectivity index (χ2v) is 6.53. The molecule has 100 valence electrons. The summed E-state index contributed by atoms with van der Waals surface area (Å²) >= 11 is 0. The fraction of sp³-hybridized carbons (Fsp3) is 1.00. The number of piperidine rings is 1. The van der Waals surface area contributed by atoms with Gasteiger partial charge in [-0.3, -0.25) is 0 Å². The Balaban J connectivity index is 1.89. The summed E-state index contributed by atoms with van der Waals surface area (Å²) in [7, 11) is 0. The average molecular weight is 239 g/mol. The van der Waals surface area contributed by atoms with Crippen LogP contribution in [0.1, 0.15) is 58.3 Å². The molecule has 0 atom stereocenters. The molecular weight excluding hydrogens is 210 g/mol. The summed E-state index contributed by atoms with van der Waals surface area (Å²) in [6.07, 6.45) is 10.6. The summed E-state index contributed by atoms with van der Waals surface area (Å²) in [5.41, 5.74) is 0.233. The molecule has 0 bridgehead atoms. The summed E-state index contributed by atoms with van der Waals surface area (Å²) in [6, 6.07) is 0. The topological polar surface area (TPSA) is 23.5 Å². The molecule has 0 amide bonds. The summed E-state index contributed by atoms with van der Waals surface area (Å²) in [5, 5.41) is 9.82. The Hall–Kier alpha value is -0.0800. The van der Waals surface area contributed by atoms with Gasteiger partial charge in [-0.25, -0.2) is 0 Å². The van der Waals surface area contributed by atoms with Gasteiger partial charge in [-0.2, -0.15) is 0 Å². The first-order chi connectivity index (χ1) is 8.24. The van der Waals surface area contributed by atoms with Crippen molar-refractivity contribution in [2.75, 3.05) is 26.2 Å². The Bertz CT molecular complexity index is 213. The van der Waals surface area contributed by atoms with Gasteiger partial charge < -0.3 is 10.0 Å². The van der Waals surface area contributed by atoms with Crippen molar-refractivity contribution in [2.45, 2.75) is 58.3 Å². The Labute approximate surface area is 106 Å². The second-order valence-electron chi connectivity index (χ2n) is 6.53. The van der Waals surface area contributed by atoms with E-state index >= 15 is 0 Å². The molecular formula is C15H29NO. The smallest absolute Gasteiger partial charge is 0.0499 e. The maximum Gasteiger partial charge on any atom is 0.0499 e. The Morgan fingerprint density at radius 2 is 1.65 bits per heavy atom. The fourth-order valence-electron chi connectivity index (χ4n) is 3.54. The van der Waals surface area contributed by atoms with E-state index in [0.29, 0.717) is 6.61 Å². The van der Waals surface area contributed by atoms with Gasteiger partial charge in [-0.05, 0) is 44.7 Å². The van der Waals surface area contributed by atoms with Crippen LogP contribution in [-0.4, -0.2) is 36.2 Å². The molecule has 0 spiro atoms. The third-order valence-corrected chi connectivity index (χ3v) is 4.93. The van der Waals surface area contributed by atoms with Gasteiger partial charge in [-0.1, -0.05) is 32.6 Å². The highest BCUT2D eigenvalue weighted by atomic mass is 16.3. The summed E-state index contributed by atoms with van der Waals surface area (Å²) in [6.45, 7) is 6.42. The third-order valence-electron chi connectivity index (χ3n) is 4.93. The minimum absolute atomic E-state index is 0.233. The first-order valence-electron chi connectivity index (χ1n) is 7.57. The van der Waals surface area contributed by atoms with Crippen molar-refractivity contribution in [3.8, 4) is 0 Å². The molecule has 2 rings (SSSR count). The van der Waals surface area contributed by atoms with Crippen LogP contribution in [0.3, 0.4) is 0 Å². The normalized spacial score (nSPS) is 27.9. The minimum atomic E-state index is 0.233. The van der Waals surface area contributed by atoms with Gasteiger partial charge in [0, 0.05) is 18.6 Å². The van der Waals surface area contributed by atoms with Crippen LogP contribution in [0.25, 0.3) is 0 Å². The molecule has 2 aliphatic rings. The molecule has 0 radical (unpaired) electrons. The first-order valence-corrected chi connectivity index (χ1v) is 7.57. The number of nitrogens with zero attached hydrogens (tertiary/aromatic N) is 1. The van der Waals surface area contributed by atoms with E-state index in [1.54, 1.807) is 0 Å². The van der Waals surface area contributed by atoms with Crippen molar-refractivity contribution in [1.82, 2.24) is 4.90 Å². The van der Waals surface area contributed by atoms with Crippen LogP contribution in [0.4, 0.5) is 0 Å². The number of aliphatic hydroxyl groups excluding tert-OH is 1. The molecule has 1 aliphatic carbocycles. The van der Waals surface area contributed by atoms with Crippen molar-refractivity contribution in [1.29, 1.82) is 0 Å². The van der Waals surface area contributed by atoms with Crippen molar-refractivity contribution in [3.05, 3.63) is 0 Å². The zero-order valence-electron chi connectivity index (χ0n) is 11.5. The zero-order valence-corrected chi connectivity index (χ0v) is 11.5. The first kappa shape index (κ1) is 13.4. The van der Waals surface area contributed by atoms with E-state index in [-0.39, 0.29) is 5.41 Å². The van der Waals surface area contributed by atoms with Crippen LogP contribution in [0.2, 0.25) is 0 Å². The monoisotopic (exact) mass is 239 g/mol. The standard InChI is InChI=1S/C15H29NO/c1-14-6-10-16(11-7-14)12-15(13-17)8-4-2-3-5-9-15/h14,17H,2-13H2,1H3. The zero-order chi connectivity index (χ0) is 12.1. The number of aliphatic hydroxyl groups is 1. The van der Waals surface area contributed by atoms with E-state index in [1.165, 1.54) is 64.5 Å². The van der Waals surface area contributed by atoms with Gasteiger partial charge >= 0.3 is 0 Å². The van der Waals surface area contributed by atoms with Gasteiger partial charge in [0.15, 0.2) is 0 Å². The van der Waals surface area contributed by atoms with E-state index in [4.69, 9.17) is 0 Å². The number of hydrogen-bond donors (Lipinski definition) is 1. The molecule has 1 aliphatic heterocycles. The van der Waals surface area contributed by atoms with E-state index < -0.39 is 0 Å². The van der Waals surface area contributed by atoms with Gasteiger partial charge in [0.2, 0.25) is 0 Å². The van der Waals surface area contributed by atoms with Crippen LogP contribution >= 0.6 is 0 Å². The Kier molecular flexibility index (Phi) is 4.87. The summed E-state index contributed by atoms with van der Waals surface area (Å²) < 4.78 is 0. The SMILES string of the molecule is CC1CCN(CC2(CO)CCCCCC2)CC1. The average Bonchev–Trinajstić information content (AvgIpc) is 2.58. The lowest BCUT2D eigenvalue weighted by Gasteiger charge is -2.39. The molecule has 0 aromatic carbocycles. The van der Waals surface area contributed by atoms with Crippen LogP contribution in [0.15, 0.2) is 0 Å². The maximum absolute atomic E-state index is 9.82. The van der Waals surface area contributed by atoms with Crippen molar-refractivity contribution >= 4 is 0 Å². The van der Waals surface area contributed by atoms with E-state index in [2.05, 4.69) is 11.8 Å². The summed E-state index contributed by atoms with van der Waals surface area (Å²) in [4.78, 5) is 2.61. The van der Waals surface area contributed by atoms with Crippen LogP contribution < -0.4 is 0 Å². The third kappa shape index (κ3) is 3.69. The molecule has 1 saturated heterocycles. The van der Waals surface area contributed by atoms with Crippen molar-refractivity contribution < 1.29 is 5.11 Å². The number of hydrogen-bond acceptors (Lipinski definition) is 2. The lowest BCUT2D eigenvalue weighted by atomic mass is 9.80. The highest BCUT2D eigenvalue weighted by Crippen LogP contribution is 2.36. The second kappa shape index (κ2) is 6.19. The van der Waals surface area contributed by atoms with E-state index in [0.717, 1.165) is 12.5 Å². The van der Waals surface area contributed by atoms with Gasteiger partial charge in [-0.15, -0.1) is 0 Å². The lowest BCUT2D eigenvalue weighted by molar-refractivity contribution is 0.0462. The molecule has 1 heterocycles. The molecule has 0 unspecified atom stereocenters. The Morgan fingerprint density at radius 3 is 2.18 bits per heavy atom. The van der Waals surface area contributed by atoms with Gasteiger partial charge in [0.1, 0.15) is 0 Å². The molecule has 2 heteroatoms. The van der Waals surface area contributed by atoms with Crippen molar-refractivity contribution in [2.24, 2.45) is 11.3 Å². The van der Waals surface area contributed by atoms with Crippen molar-refractivity contribution in [3.63, 3.8) is 0 Å². The van der Waals surface area contributed by atoms with E-state index in [9.17, 15) is 5.11 Å². The molecule has 0 aromatic rings. The van der Waals surface area contributed by atoms with E-state index in [1.807, 2.05) is 0 Å². The molecule has 1 saturated carbocycles. The largest absolute Gasteiger partial charge is 0.396 e. The number of rotatable bonds is 3. The molecule has 0 aromatic heterocycles. The highest BCUT2D eigenvalue weighted by molar-refractivity contribution is 4.85. The van der Waals surface area contributed by atoms with Crippen LogP contribution in [0.5, 0.6) is 0 Å². The van der Waals surface area contributed by atoms with Crippen LogP contribution in [0, 0.1) is 11.3 Å². The number of likely N-dealkylation sites (tertiary alicyclic amines) is 1. The molecule has 17 heavy (non-hydrogen) atoms. The highest BCUT2D eigenvalue weighted by Gasteiger charge is 2.33. The maximum atomic E-state index is 9.82. The van der Waals surface area contributed by atoms with Crippen LogP contribution in [-0.2, 0) is 0 Å². The molecule has 2 fully saturated rings. The van der Waals surface area contributed by atoms with Gasteiger partial charge in [0.05, 0.1) is 0 Å². The quantitative estimate of drug-likeness (QED) is 0.765. The Morgan fingerprint density at radius 1 is 1.06 bits per heavy atom. The lowest BCUT2D eigenvalue weighted by Crippen LogP contribution is -2.43. The minimum Gasteiger partial charge on any atom is -0.396 e. The molecule has 1 N–H and O–H groups in total. The molecule has 2 nitrogen and oxygen atoms in total. The fourth-order valence-corrected chi connectivity index (χ4v) is 3.54.